The molecule has 3 unspecified atom stereocenters. The van der Waals surface area contributed by atoms with Gasteiger partial charge in [-0.1, -0.05) is 30.1 Å². The lowest BCUT2D eigenvalue weighted by atomic mass is 10.2. The summed E-state index contributed by atoms with van der Waals surface area (Å²) in [6, 6.07) is 8.16. The standard InChI is InChI=1S/C21H23Cl2NO5S/c1-13-8-17(13)19-5-3-16(29-19)10-24(15-6-7-30(26,27)12-15)21(25)11-28-20-4-2-14(22)9-18(20)23/h2-5,9,13,15,17H,6-8,10-12H2,1H3. The molecule has 1 aliphatic heterocycles. The zero-order valence-electron chi connectivity index (χ0n) is 16.5. The lowest BCUT2D eigenvalue weighted by Gasteiger charge is -2.27. The number of ether oxygens (including phenoxy) is 1. The molecule has 1 amide bonds. The molecule has 1 aromatic heterocycles. The fourth-order valence-corrected chi connectivity index (χ4v) is 6.02. The van der Waals surface area contributed by atoms with Gasteiger partial charge in [0.25, 0.3) is 5.91 Å². The molecule has 1 aliphatic carbocycles. The van der Waals surface area contributed by atoms with Crippen molar-refractivity contribution in [1.29, 1.82) is 0 Å². The maximum Gasteiger partial charge on any atom is 0.261 e. The van der Waals surface area contributed by atoms with Crippen molar-refractivity contribution >= 4 is 38.9 Å². The van der Waals surface area contributed by atoms with Gasteiger partial charge in [-0.3, -0.25) is 4.79 Å². The molecule has 4 rings (SSSR count). The molecular formula is C21H23Cl2NO5S. The summed E-state index contributed by atoms with van der Waals surface area (Å²) in [5, 5.41) is 0.773. The molecule has 0 radical (unpaired) electrons. The number of benzene rings is 1. The Morgan fingerprint density at radius 3 is 2.67 bits per heavy atom. The first-order chi connectivity index (χ1) is 14.2. The summed E-state index contributed by atoms with van der Waals surface area (Å²) >= 11 is 12.0. The SMILES string of the molecule is CC1CC1c1ccc(CN(C(=O)COc2ccc(Cl)cc2Cl)C2CCS(=O)(=O)C2)o1. The first kappa shape index (κ1) is 21.5. The van der Waals surface area contributed by atoms with Crippen molar-refractivity contribution in [3.05, 3.63) is 51.9 Å². The van der Waals surface area contributed by atoms with Gasteiger partial charge in [0, 0.05) is 17.0 Å². The molecule has 1 saturated carbocycles. The molecule has 30 heavy (non-hydrogen) atoms. The van der Waals surface area contributed by atoms with Gasteiger partial charge < -0.3 is 14.1 Å². The third-order valence-corrected chi connectivity index (χ3v) is 7.98. The lowest BCUT2D eigenvalue weighted by Crippen LogP contribution is -2.43. The molecule has 6 nitrogen and oxygen atoms in total. The van der Waals surface area contributed by atoms with Gasteiger partial charge in [0.1, 0.15) is 17.3 Å². The molecule has 0 bridgehead atoms. The molecule has 2 heterocycles. The van der Waals surface area contributed by atoms with E-state index in [9.17, 15) is 13.2 Å². The van der Waals surface area contributed by atoms with E-state index in [1.165, 1.54) is 6.07 Å². The predicted molar refractivity (Wildman–Crippen MR) is 115 cm³/mol. The summed E-state index contributed by atoms with van der Waals surface area (Å²) in [6.07, 6.45) is 1.51. The van der Waals surface area contributed by atoms with Crippen LogP contribution in [0.5, 0.6) is 5.75 Å². The summed E-state index contributed by atoms with van der Waals surface area (Å²) in [4.78, 5) is 14.5. The maximum atomic E-state index is 13.0. The fraction of sp³-hybridized carbons (Fsp3) is 0.476. The van der Waals surface area contributed by atoms with Gasteiger partial charge in [-0.15, -0.1) is 0 Å². The third kappa shape index (κ3) is 4.95. The topological polar surface area (TPSA) is 76.8 Å². The van der Waals surface area contributed by atoms with Crippen LogP contribution in [0, 0.1) is 5.92 Å². The molecular weight excluding hydrogens is 449 g/mol. The zero-order chi connectivity index (χ0) is 21.5. The number of halogens is 2. The highest BCUT2D eigenvalue weighted by Gasteiger charge is 2.38. The van der Waals surface area contributed by atoms with Crippen LogP contribution in [-0.2, 0) is 21.2 Å². The minimum absolute atomic E-state index is 0.0480. The number of hydrogen-bond donors (Lipinski definition) is 0. The highest BCUT2D eigenvalue weighted by Crippen LogP contribution is 2.47. The monoisotopic (exact) mass is 471 g/mol. The number of nitrogens with zero attached hydrogens (tertiary/aromatic N) is 1. The Hall–Kier alpha value is -1.70. The van der Waals surface area contributed by atoms with Gasteiger partial charge in [0.2, 0.25) is 0 Å². The minimum Gasteiger partial charge on any atom is -0.482 e. The van der Waals surface area contributed by atoms with Crippen molar-refractivity contribution in [2.45, 2.75) is 38.3 Å². The Balaban J connectivity index is 1.47. The number of rotatable bonds is 7. The molecule has 2 fully saturated rings. The summed E-state index contributed by atoms with van der Waals surface area (Å²) in [7, 11) is -3.15. The van der Waals surface area contributed by atoms with E-state index in [4.69, 9.17) is 32.4 Å². The molecule has 9 heteroatoms. The summed E-state index contributed by atoms with van der Waals surface area (Å²) in [5.41, 5.74) is 0. The number of furan rings is 1. The van der Waals surface area contributed by atoms with Crippen LogP contribution in [0.25, 0.3) is 0 Å². The first-order valence-electron chi connectivity index (χ1n) is 9.88. The fourth-order valence-electron chi connectivity index (χ4n) is 3.82. The quantitative estimate of drug-likeness (QED) is 0.601. The van der Waals surface area contributed by atoms with Crippen molar-refractivity contribution in [3.63, 3.8) is 0 Å². The van der Waals surface area contributed by atoms with E-state index < -0.39 is 15.9 Å². The van der Waals surface area contributed by atoms with Crippen LogP contribution in [0.3, 0.4) is 0 Å². The Morgan fingerprint density at radius 1 is 1.27 bits per heavy atom. The van der Waals surface area contributed by atoms with Crippen LogP contribution in [-0.4, -0.2) is 43.4 Å². The number of hydrogen-bond acceptors (Lipinski definition) is 5. The summed E-state index contributed by atoms with van der Waals surface area (Å²) in [6.45, 7) is 2.12. The molecule has 3 atom stereocenters. The third-order valence-electron chi connectivity index (χ3n) is 5.70. The molecule has 2 aliphatic rings. The van der Waals surface area contributed by atoms with Crippen LogP contribution in [0.2, 0.25) is 10.0 Å². The predicted octanol–water partition coefficient (Wildman–Crippen LogP) is 4.30. The molecule has 2 aromatic rings. The Bertz CT molecular complexity index is 1050. The number of sulfone groups is 1. The lowest BCUT2D eigenvalue weighted by molar-refractivity contribution is -0.136. The molecule has 1 saturated heterocycles. The van der Waals surface area contributed by atoms with Crippen molar-refractivity contribution in [3.8, 4) is 5.75 Å². The van der Waals surface area contributed by atoms with Crippen LogP contribution in [0.15, 0.2) is 34.7 Å². The van der Waals surface area contributed by atoms with Gasteiger partial charge in [-0.2, -0.15) is 0 Å². The highest BCUT2D eigenvalue weighted by atomic mass is 35.5. The smallest absolute Gasteiger partial charge is 0.261 e. The first-order valence-corrected chi connectivity index (χ1v) is 12.5. The van der Waals surface area contributed by atoms with E-state index in [0.717, 1.165) is 12.2 Å². The van der Waals surface area contributed by atoms with E-state index >= 15 is 0 Å². The molecule has 0 N–H and O–H groups in total. The van der Waals surface area contributed by atoms with Crippen LogP contribution < -0.4 is 4.74 Å². The van der Waals surface area contributed by atoms with Gasteiger partial charge in [-0.05, 0) is 49.1 Å². The van der Waals surface area contributed by atoms with Crippen molar-refractivity contribution in [2.24, 2.45) is 5.92 Å². The van der Waals surface area contributed by atoms with E-state index in [2.05, 4.69) is 6.92 Å². The average Bonchev–Trinajstić information content (AvgIpc) is 3.07. The summed E-state index contributed by atoms with van der Waals surface area (Å²) in [5.74, 6) is 2.67. The van der Waals surface area contributed by atoms with Gasteiger partial charge >= 0.3 is 0 Å². The minimum atomic E-state index is -3.15. The van der Waals surface area contributed by atoms with Crippen LogP contribution in [0.4, 0.5) is 0 Å². The van der Waals surface area contributed by atoms with Crippen molar-refractivity contribution in [2.75, 3.05) is 18.1 Å². The van der Waals surface area contributed by atoms with Gasteiger partial charge in [-0.25, -0.2) is 8.42 Å². The van der Waals surface area contributed by atoms with Crippen molar-refractivity contribution < 1.29 is 22.4 Å². The second-order valence-corrected chi connectivity index (χ2v) is 11.1. The molecule has 162 valence electrons. The van der Waals surface area contributed by atoms with Gasteiger partial charge in [0.05, 0.1) is 23.1 Å². The van der Waals surface area contributed by atoms with E-state index in [1.807, 2.05) is 12.1 Å². The van der Waals surface area contributed by atoms with Crippen LogP contribution >= 0.6 is 23.2 Å². The molecule has 1 aromatic carbocycles. The number of carbonyl (C=O) groups excluding carboxylic acids is 1. The highest BCUT2D eigenvalue weighted by molar-refractivity contribution is 7.91. The average molecular weight is 472 g/mol. The Kier molecular flexibility index (Phi) is 6.06. The van der Waals surface area contributed by atoms with Crippen LogP contribution in [0.1, 0.15) is 37.2 Å². The van der Waals surface area contributed by atoms with Gasteiger partial charge in [0.15, 0.2) is 16.4 Å². The second-order valence-electron chi connectivity index (χ2n) is 8.07. The number of carbonyl (C=O) groups is 1. The Morgan fingerprint density at radius 2 is 2.03 bits per heavy atom. The van der Waals surface area contributed by atoms with E-state index in [0.29, 0.717) is 39.8 Å². The largest absolute Gasteiger partial charge is 0.482 e. The zero-order valence-corrected chi connectivity index (χ0v) is 18.8. The Labute approximate surface area is 186 Å². The number of amides is 1. The second kappa shape index (κ2) is 8.44. The maximum absolute atomic E-state index is 13.0. The summed E-state index contributed by atoms with van der Waals surface area (Å²) < 4.78 is 35.5. The van der Waals surface area contributed by atoms with Crippen molar-refractivity contribution in [1.82, 2.24) is 4.90 Å². The van der Waals surface area contributed by atoms with E-state index in [-0.39, 0.29) is 30.6 Å². The molecule has 0 spiro atoms. The van der Waals surface area contributed by atoms with E-state index in [1.54, 1.807) is 17.0 Å². The normalized spacial score (nSPS) is 24.6.